The Morgan fingerprint density at radius 1 is 1.12 bits per heavy atom. The highest BCUT2D eigenvalue weighted by Gasteiger charge is 2.27. The molecule has 1 aliphatic heterocycles. The van der Waals surface area contributed by atoms with Gasteiger partial charge in [0, 0.05) is 30.6 Å². The zero-order valence-corrected chi connectivity index (χ0v) is 14.0. The maximum absolute atomic E-state index is 13.1. The third kappa shape index (κ3) is 3.30. The summed E-state index contributed by atoms with van der Waals surface area (Å²) in [5.74, 6) is 0.0136. The Kier molecular flexibility index (Phi) is 4.39. The summed E-state index contributed by atoms with van der Waals surface area (Å²) < 4.78 is 14.5. The van der Waals surface area contributed by atoms with Crippen molar-refractivity contribution in [2.24, 2.45) is 0 Å². The van der Waals surface area contributed by atoms with Gasteiger partial charge in [-0.05, 0) is 31.0 Å². The van der Waals surface area contributed by atoms with Gasteiger partial charge in [-0.2, -0.15) is 5.10 Å². The summed E-state index contributed by atoms with van der Waals surface area (Å²) in [6.45, 7) is 1.20. The molecule has 3 aromatic heterocycles. The summed E-state index contributed by atoms with van der Waals surface area (Å²) in [5.41, 5.74) is 1.46. The molecule has 0 saturated carbocycles. The quantitative estimate of drug-likeness (QED) is 0.714. The van der Waals surface area contributed by atoms with Crippen LogP contribution < -0.4 is 10.5 Å². The number of halogens is 1. The monoisotopic (exact) mass is 352 g/mol. The summed E-state index contributed by atoms with van der Waals surface area (Å²) in [6, 6.07) is 6.98. The molecular weight excluding hydrogens is 335 g/mol. The average molecular weight is 352 g/mol. The minimum atomic E-state index is -0.465. The van der Waals surface area contributed by atoms with Gasteiger partial charge in [0.2, 0.25) is 5.95 Å². The molecule has 0 bridgehead atoms. The van der Waals surface area contributed by atoms with E-state index in [1.807, 2.05) is 17.0 Å². The lowest BCUT2D eigenvalue weighted by atomic mass is 10.2. The van der Waals surface area contributed by atoms with E-state index in [4.69, 9.17) is 0 Å². The van der Waals surface area contributed by atoms with Crippen LogP contribution >= 0.6 is 0 Å². The first kappa shape index (κ1) is 16.3. The molecule has 1 unspecified atom stereocenters. The molecule has 4 heterocycles. The Balaban J connectivity index is 1.60. The van der Waals surface area contributed by atoms with E-state index >= 15 is 0 Å². The van der Waals surface area contributed by atoms with E-state index in [0.29, 0.717) is 12.5 Å². The minimum absolute atomic E-state index is 0.0401. The molecule has 1 atom stereocenters. The van der Waals surface area contributed by atoms with Crippen molar-refractivity contribution < 1.29 is 4.39 Å². The van der Waals surface area contributed by atoms with Gasteiger partial charge in [-0.3, -0.25) is 9.78 Å². The summed E-state index contributed by atoms with van der Waals surface area (Å²) >= 11 is 0. The average Bonchev–Trinajstić information content (AvgIpc) is 3.13. The molecule has 4 rings (SSSR count). The molecule has 0 amide bonds. The van der Waals surface area contributed by atoms with Crippen molar-refractivity contribution in [3.05, 3.63) is 65.2 Å². The largest absolute Gasteiger partial charge is 0.336 e. The second kappa shape index (κ2) is 6.99. The molecule has 1 fully saturated rings. The summed E-state index contributed by atoms with van der Waals surface area (Å²) in [4.78, 5) is 26.4. The summed E-state index contributed by atoms with van der Waals surface area (Å²) in [7, 11) is 0. The highest BCUT2D eigenvalue weighted by atomic mass is 19.1. The van der Waals surface area contributed by atoms with Gasteiger partial charge in [-0.25, -0.2) is 19.0 Å². The van der Waals surface area contributed by atoms with E-state index in [9.17, 15) is 9.18 Å². The lowest BCUT2D eigenvalue weighted by molar-refractivity contribution is 0.486. The molecule has 0 N–H and O–H groups in total. The summed E-state index contributed by atoms with van der Waals surface area (Å²) in [5, 5.41) is 4.50. The molecular formula is C18H17FN6O. The van der Waals surface area contributed by atoms with Crippen LogP contribution in [0.5, 0.6) is 0 Å². The van der Waals surface area contributed by atoms with Crippen LogP contribution in [0.25, 0.3) is 11.3 Å². The van der Waals surface area contributed by atoms with Crippen molar-refractivity contribution in [3.8, 4) is 11.3 Å². The molecule has 0 aromatic carbocycles. The highest BCUT2D eigenvalue weighted by molar-refractivity contribution is 5.57. The zero-order valence-electron chi connectivity index (χ0n) is 14.0. The number of anilines is 1. The van der Waals surface area contributed by atoms with E-state index < -0.39 is 5.82 Å². The molecule has 8 heteroatoms. The minimum Gasteiger partial charge on any atom is -0.336 e. The fourth-order valence-electron chi connectivity index (χ4n) is 3.20. The third-order valence-electron chi connectivity index (χ3n) is 4.47. The van der Waals surface area contributed by atoms with Crippen molar-refractivity contribution in [1.82, 2.24) is 24.7 Å². The standard InChI is InChI=1S/C18H17FN6O/c19-14-10-21-18(22-11-14)24-9-1-2-15(24)12-25-17(26)4-3-16(23-25)13-5-7-20-8-6-13/h3-8,10-11,15H,1-2,9,12H2. The predicted octanol–water partition coefficient (Wildman–Crippen LogP) is 1.90. The molecule has 1 saturated heterocycles. The SMILES string of the molecule is O=c1ccc(-c2ccncc2)nn1CC1CCCN1c1ncc(F)cn1. The lowest BCUT2D eigenvalue weighted by Gasteiger charge is -2.24. The van der Waals surface area contributed by atoms with E-state index in [2.05, 4.69) is 20.1 Å². The first-order valence-electron chi connectivity index (χ1n) is 8.43. The van der Waals surface area contributed by atoms with Gasteiger partial charge in [0.25, 0.3) is 5.56 Å². The van der Waals surface area contributed by atoms with E-state index in [1.165, 1.54) is 10.7 Å². The molecule has 0 radical (unpaired) electrons. The maximum atomic E-state index is 13.1. The summed E-state index contributed by atoms with van der Waals surface area (Å²) in [6.07, 6.45) is 7.56. The van der Waals surface area contributed by atoms with Crippen molar-refractivity contribution >= 4 is 5.95 Å². The first-order chi connectivity index (χ1) is 12.7. The normalized spacial score (nSPS) is 16.8. The molecule has 3 aromatic rings. The number of hydrogen-bond acceptors (Lipinski definition) is 6. The van der Waals surface area contributed by atoms with Gasteiger partial charge in [0.1, 0.15) is 0 Å². The van der Waals surface area contributed by atoms with E-state index in [0.717, 1.165) is 43.0 Å². The predicted molar refractivity (Wildman–Crippen MR) is 94.1 cm³/mol. The third-order valence-corrected chi connectivity index (χ3v) is 4.47. The molecule has 7 nitrogen and oxygen atoms in total. The molecule has 26 heavy (non-hydrogen) atoms. The number of rotatable bonds is 4. The van der Waals surface area contributed by atoms with Crippen molar-refractivity contribution in [2.75, 3.05) is 11.4 Å². The Hall–Kier alpha value is -3.16. The highest BCUT2D eigenvalue weighted by Crippen LogP contribution is 2.23. The number of aromatic nitrogens is 5. The fraction of sp³-hybridized carbons (Fsp3) is 0.278. The molecule has 132 valence electrons. The van der Waals surface area contributed by atoms with Crippen LogP contribution in [0, 0.1) is 5.82 Å². The Labute approximate surface area is 149 Å². The second-order valence-corrected chi connectivity index (χ2v) is 6.17. The van der Waals surface area contributed by atoms with Crippen molar-refractivity contribution in [1.29, 1.82) is 0 Å². The van der Waals surface area contributed by atoms with E-state index in [-0.39, 0.29) is 11.6 Å². The van der Waals surface area contributed by atoms with Gasteiger partial charge < -0.3 is 4.90 Å². The van der Waals surface area contributed by atoms with Crippen LogP contribution in [-0.2, 0) is 6.54 Å². The number of pyridine rings is 1. The lowest BCUT2D eigenvalue weighted by Crippen LogP contribution is -2.38. The molecule has 0 spiro atoms. The first-order valence-corrected chi connectivity index (χ1v) is 8.43. The van der Waals surface area contributed by atoms with Crippen LogP contribution in [0.4, 0.5) is 10.3 Å². The van der Waals surface area contributed by atoms with Crippen molar-refractivity contribution in [3.63, 3.8) is 0 Å². The second-order valence-electron chi connectivity index (χ2n) is 6.17. The fourth-order valence-corrected chi connectivity index (χ4v) is 3.20. The number of hydrogen-bond donors (Lipinski definition) is 0. The van der Waals surface area contributed by atoms with E-state index in [1.54, 1.807) is 18.5 Å². The van der Waals surface area contributed by atoms with Gasteiger partial charge in [0.15, 0.2) is 5.82 Å². The Bertz CT molecular complexity index is 944. The van der Waals surface area contributed by atoms with Gasteiger partial charge in [0.05, 0.1) is 30.7 Å². The van der Waals surface area contributed by atoms with Crippen molar-refractivity contribution in [2.45, 2.75) is 25.4 Å². The van der Waals surface area contributed by atoms with Gasteiger partial charge >= 0.3 is 0 Å². The van der Waals surface area contributed by atoms with Gasteiger partial charge in [-0.1, -0.05) is 0 Å². The van der Waals surface area contributed by atoms with Gasteiger partial charge in [-0.15, -0.1) is 0 Å². The van der Waals surface area contributed by atoms with Crippen LogP contribution in [0.1, 0.15) is 12.8 Å². The van der Waals surface area contributed by atoms with Crippen LogP contribution in [0.2, 0.25) is 0 Å². The Morgan fingerprint density at radius 3 is 2.65 bits per heavy atom. The molecule has 0 aliphatic carbocycles. The van der Waals surface area contributed by atoms with Crippen LogP contribution in [0.15, 0.2) is 53.8 Å². The van der Waals surface area contributed by atoms with Crippen LogP contribution in [-0.4, -0.2) is 37.3 Å². The smallest absolute Gasteiger partial charge is 0.266 e. The van der Waals surface area contributed by atoms with Crippen LogP contribution in [0.3, 0.4) is 0 Å². The number of nitrogens with zero attached hydrogens (tertiary/aromatic N) is 6. The topological polar surface area (TPSA) is 76.8 Å². The maximum Gasteiger partial charge on any atom is 0.266 e. The Morgan fingerprint density at radius 2 is 1.88 bits per heavy atom. The zero-order chi connectivity index (χ0) is 17.9. The molecule has 1 aliphatic rings.